The van der Waals surface area contributed by atoms with Crippen molar-refractivity contribution < 1.29 is 31.5 Å². The number of carbonyl (C=O) groups is 1. The number of benzene rings is 2. The van der Waals surface area contributed by atoms with Crippen molar-refractivity contribution >= 4 is 5.97 Å². The number of carbonyl (C=O) groups excluding carboxylic acids is 1. The van der Waals surface area contributed by atoms with E-state index < -0.39 is 11.6 Å². The van der Waals surface area contributed by atoms with Gasteiger partial charge in [-0.3, -0.25) is 0 Å². The number of ether oxygens (including phenoxy) is 1. The van der Waals surface area contributed by atoms with E-state index in [0.29, 0.717) is 17.7 Å². The second-order valence-electron chi connectivity index (χ2n) is 6.91. The Bertz CT molecular complexity index is 648. The van der Waals surface area contributed by atoms with Gasteiger partial charge in [-0.25, -0.2) is 4.79 Å². The zero-order valence-corrected chi connectivity index (χ0v) is 17.2. The van der Waals surface area contributed by atoms with Crippen LogP contribution in [-0.2, 0) is 15.1 Å². The van der Waals surface area contributed by atoms with Gasteiger partial charge >= 0.3 is 5.97 Å². The fourth-order valence-electron chi connectivity index (χ4n) is 3.02. The average Bonchev–Trinajstić information content (AvgIpc) is 2.71. The highest BCUT2D eigenvalue weighted by Gasteiger charge is 2.41. The van der Waals surface area contributed by atoms with Gasteiger partial charge in [0.25, 0.3) is 0 Å². The van der Waals surface area contributed by atoms with Crippen LogP contribution in [0.15, 0.2) is 60.7 Å². The van der Waals surface area contributed by atoms with Crippen LogP contribution in [0.3, 0.4) is 0 Å². The number of esters is 1. The number of nitrogens with zero attached hydrogens (tertiary/aromatic N) is 1. The molecule has 0 aliphatic carbocycles. The smallest absolute Gasteiger partial charge is 0.347 e. The first kappa shape index (κ1) is 23.2. The minimum absolute atomic E-state index is 0. The van der Waals surface area contributed by atoms with Crippen LogP contribution >= 0.6 is 0 Å². The van der Waals surface area contributed by atoms with Crippen LogP contribution in [0.2, 0.25) is 0 Å². The highest BCUT2D eigenvalue weighted by atomic mass is 35.5. The number of hydrogen-bond acceptors (Lipinski definition) is 3. The average molecular weight is 392 g/mol. The van der Waals surface area contributed by atoms with Gasteiger partial charge in [0.05, 0.1) is 33.3 Å². The highest BCUT2D eigenvalue weighted by molar-refractivity contribution is 5.85. The molecular formula is C22H30ClNO3. The van der Waals surface area contributed by atoms with Crippen molar-refractivity contribution in [3.63, 3.8) is 0 Å². The zero-order valence-electron chi connectivity index (χ0n) is 16.4. The molecule has 0 saturated heterocycles. The van der Waals surface area contributed by atoms with Crippen molar-refractivity contribution in [2.45, 2.75) is 25.9 Å². The fourth-order valence-corrected chi connectivity index (χ4v) is 3.02. The Kier molecular flexibility index (Phi) is 8.97. The Morgan fingerprint density at radius 3 is 1.81 bits per heavy atom. The van der Waals surface area contributed by atoms with Crippen molar-refractivity contribution in [2.75, 3.05) is 33.3 Å². The van der Waals surface area contributed by atoms with Crippen molar-refractivity contribution in [1.29, 1.82) is 0 Å². The van der Waals surface area contributed by atoms with Gasteiger partial charge in [0.15, 0.2) is 0 Å². The maximum Gasteiger partial charge on any atom is 0.347 e. The molecule has 0 saturated carbocycles. The summed E-state index contributed by atoms with van der Waals surface area (Å²) in [5, 5.41) is 11.3. The largest absolute Gasteiger partial charge is 1.00 e. The molecule has 0 spiro atoms. The molecule has 0 aliphatic heterocycles. The Balaban J connectivity index is 0.00000364. The number of hydrogen-bond donors (Lipinski definition) is 1. The summed E-state index contributed by atoms with van der Waals surface area (Å²) < 4.78 is 6.45. The van der Waals surface area contributed by atoms with Crippen LogP contribution in [0.25, 0.3) is 0 Å². The molecule has 0 aliphatic rings. The SMILES string of the molecule is CC[N+](C)(CC)CCCOC(=O)C(O)(c1ccccc1)c1ccccc1.[Cl-]. The monoisotopic (exact) mass is 391 g/mol. The summed E-state index contributed by atoms with van der Waals surface area (Å²) in [6.07, 6.45) is 0.767. The van der Waals surface area contributed by atoms with E-state index in [2.05, 4.69) is 20.9 Å². The molecule has 148 valence electrons. The van der Waals surface area contributed by atoms with E-state index in [1.807, 2.05) is 36.4 Å². The van der Waals surface area contributed by atoms with E-state index in [0.717, 1.165) is 30.5 Å². The number of halogens is 1. The molecule has 0 aromatic heterocycles. The lowest BCUT2D eigenvalue weighted by molar-refractivity contribution is -0.906. The normalized spacial score (nSPS) is 11.6. The first-order chi connectivity index (χ1) is 12.5. The van der Waals surface area contributed by atoms with Crippen LogP contribution in [0.5, 0.6) is 0 Å². The minimum Gasteiger partial charge on any atom is -1.00 e. The van der Waals surface area contributed by atoms with E-state index >= 15 is 0 Å². The first-order valence-corrected chi connectivity index (χ1v) is 9.30. The molecule has 0 heterocycles. The summed E-state index contributed by atoms with van der Waals surface area (Å²) in [6.45, 7) is 7.66. The standard InChI is InChI=1S/C22H30NO3.ClH/c1-4-23(3,5-2)17-12-18-26-21(24)22(25,19-13-8-6-9-14-19)20-15-10-7-11-16-20;/h6-11,13-16,25H,4-5,12,17-18H2,1-3H3;1H/q+1;/p-1. The maximum atomic E-state index is 12.9. The molecule has 0 fully saturated rings. The summed E-state index contributed by atoms with van der Waals surface area (Å²) in [5.74, 6) is -0.628. The summed E-state index contributed by atoms with van der Waals surface area (Å²) in [6, 6.07) is 17.9. The predicted molar refractivity (Wildman–Crippen MR) is 104 cm³/mol. The molecule has 27 heavy (non-hydrogen) atoms. The molecule has 0 atom stereocenters. The number of rotatable bonds is 9. The molecular weight excluding hydrogens is 362 g/mol. The van der Waals surface area contributed by atoms with Crippen molar-refractivity contribution in [3.05, 3.63) is 71.8 Å². The van der Waals surface area contributed by atoms with Crippen LogP contribution < -0.4 is 12.4 Å². The minimum atomic E-state index is -1.80. The first-order valence-electron chi connectivity index (χ1n) is 9.30. The summed E-state index contributed by atoms with van der Waals surface area (Å²) in [5.41, 5.74) is -0.770. The third-order valence-corrected chi connectivity index (χ3v) is 5.28. The molecule has 0 amide bonds. The Hall–Kier alpha value is -1.88. The van der Waals surface area contributed by atoms with Gasteiger partial charge in [-0.15, -0.1) is 0 Å². The Labute approximate surface area is 168 Å². The molecule has 0 unspecified atom stereocenters. The summed E-state index contributed by atoms with van der Waals surface area (Å²) >= 11 is 0. The van der Waals surface area contributed by atoms with Crippen LogP contribution in [0.4, 0.5) is 0 Å². The van der Waals surface area contributed by atoms with Crippen LogP contribution in [0.1, 0.15) is 31.4 Å². The fraction of sp³-hybridized carbons (Fsp3) is 0.409. The van der Waals surface area contributed by atoms with Gasteiger partial charge in [0.1, 0.15) is 0 Å². The van der Waals surface area contributed by atoms with Gasteiger partial charge in [0, 0.05) is 6.42 Å². The van der Waals surface area contributed by atoms with Gasteiger partial charge in [-0.2, -0.15) is 0 Å². The summed E-state index contributed by atoms with van der Waals surface area (Å²) in [7, 11) is 2.20. The van der Waals surface area contributed by atoms with E-state index in [1.54, 1.807) is 24.3 Å². The lowest BCUT2D eigenvalue weighted by Crippen LogP contribution is -3.00. The van der Waals surface area contributed by atoms with Crippen molar-refractivity contribution in [3.8, 4) is 0 Å². The van der Waals surface area contributed by atoms with Gasteiger partial charge in [-0.1, -0.05) is 60.7 Å². The Morgan fingerprint density at radius 1 is 0.963 bits per heavy atom. The van der Waals surface area contributed by atoms with E-state index in [4.69, 9.17) is 4.74 Å². The molecule has 1 N–H and O–H groups in total. The second-order valence-corrected chi connectivity index (χ2v) is 6.91. The molecule has 5 heteroatoms. The van der Waals surface area contributed by atoms with Gasteiger partial charge in [-0.05, 0) is 25.0 Å². The lowest BCUT2D eigenvalue weighted by Gasteiger charge is -2.32. The molecule has 4 nitrogen and oxygen atoms in total. The molecule has 2 aromatic carbocycles. The quantitative estimate of drug-likeness (QED) is 0.381. The highest BCUT2D eigenvalue weighted by Crippen LogP contribution is 2.31. The van der Waals surface area contributed by atoms with Crippen LogP contribution in [0, 0.1) is 0 Å². The van der Waals surface area contributed by atoms with E-state index in [9.17, 15) is 9.90 Å². The third kappa shape index (κ3) is 5.55. The maximum absolute atomic E-state index is 12.9. The number of aliphatic hydroxyl groups is 1. The molecule has 0 bridgehead atoms. The van der Waals surface area contributed by atoms with Gasteiger partial charge < -0.3 is 26.7 Å². The van der Waals surface area contributed by atoms with Crippen LogP contribution in [-0.4, -0.2) is 48.8 Å². The third-order valence-electron chi connectivity index (χ3n) is 5.28. The molecule has 0 radical (unpaired) electrons. The van der Waals surface area contributed by atoms with E-state index in [1.165, 1.54) is 0 Å². The lowest BCUT2D eigenvalue weighted by atomic mass is 9.86. The molecule has 2 aromatic rings. The zero-order chi connectivity index (χ0) is 19.0. The van der Waals surface area contributed by atoms with Gasteiger partial charge in [0.2, 0.25) is 5.60 Å². The number of quaternary nitrogens is 1. The Morgan fingerprint density at radius 2 is 1.41 bits per heavy atom. The van der Waals surface area contributed by atoms with Crippen molar-refractivity contribution in [2.24, 2.45) is 0 Å². The van der Waals surface area contributed by atoms with E-state index in [-0.39, 0.29) is 12.4 Å². The predicted octanol–water partition coefficient (Wildman–Crippen LogP) is 0.346. The van der Waals surface area contributed by atoms with Crippen molar-refractivity contribution in [1.82, 2.24) is 0 Å². The second kappa shape index (κ2) is 10.5. The summed E-state index contributed by atoms with van der Waals surface area (Å²) in [4.78, 5) is 12.9. The topological polar surface area (TPSA) is 46.5 Å². The molecule has 2 rings (SSSR count).